The molecule has 1 aliphatic rings. The maximum atomic E-state index is 5.36. The molecule has 0 saturated heterocycles. The number of aromatic nitrogens is 2. The van der Waals surface area contributed by atoms with Gasteiger partial charge in [0.15, 0.2) is 5.11 Å². The molecule has 1 fully saturated rings. The molecule has 1 unspecified atom stereocenters. The highest BCUT2D eigenvalue weighted by atomic mass is 32.1. The average Bonchev–Trinajstić information content (AvgIpc) is 2.82. The van der Waals surface area contributed by atoms with Crippen LogP contribution in [-0.4, -0.2) is 26.7 Å². The highest BCUT2D eigenvalue weighted by Crippen LogP contribution is 2.17. The number of nitrogens with one attached hydrogen (secondary N) is 2. The zero-order chi connectivity index (χ0) is 12.8. The first-order chi connectivity index (χ1) is 8.74. The molecule has 5 heteroatoms. The highest BCUT2D eigenvalue weighted by molar-refractivity contribution is 7.80. The van der Waals surface area contributed by atoms with Gasteiger partial charge in [-0.2, -0.15) is 0 Å². The number of thiocarbonyl (C=S) groups is 1. The number of nitrogens with zero attached hydrogens (tertiary/aromatic N) is 2. The van der Waals surface area contributed by atoms with Crippen molar-refractivity contribution in [1.29, 1.82) is 0 Å². The first-order valence-electron chi connectivity index (χ1n) is 6.77. The Labute approximate surface area is 114 Å². The molecule has 1 aromatic heterocycles. The second-order valence-corrected chi connectivity index (χ2v) is 5.52. The Morgan fingerprint density at radius 1 is 1.44 bits per heavy atom. The molecule has 1 atom stereocenters. The Morgan fingerprint density at radius 2 is 2.22 bits per heavy atom. The fourth-order valence-electron chi connectivity index (χ4n) is 2.45. The zero-order valence-electron chi connectivity index (χ0n) is 10.9. The topological polar surface area (TPSA) is 41.9 Å². The van der Waals surface area contributed by atoms with E-state index in [0.717, 1.165) is 11.7 Å². The predicted octanol–water partition coefficient (Wildman–Crippen LogP) is 2.07. The molecule has 0 bridgehead atoms. The predicted molar refractivity (Wildman–Crippen MR) is 77.4 cm³/mol. The first-order valence-corrected chi connectivity index (χ1v) is 7.17. The monoisotopic (exact) mass is 266 g/mol. The molecule has 18 heavy (non-hydrogen) atoms. The van der Waals surface area contributed by atoms with Crippen LogP contribution in [0.25, 0.3) is 0 Å². The minimum Gasteiger partial charge on any atom is -0.360 e. The smallest absolute Gasteiger partial charge is 0.166 e. The summed E-state index contributed by atoms with van der Waals surface area (Å²) >= 11 is 5.36. The van der Waals surface area contributed by atoms with E-state index in [1.165, 1.54) is 32.1 Å². The zero-order valence-corrected chi connectivity index (χ0v) is 11.7. The molecule has 4 nitrogen and oxygen atoms in total. The summed E-state index contributed by atoms with van der Waals surface area (Å²) < 4.78 is 2.06. The van der Waals surface area contributed by atoms with Gasteiger partial charge in [-0.05, 0) is 32.0 Å². The van der Waals surface area contributed by atoms with Crippen LogP contribution in [0, 0.1) is 0 Å². The van der Waals surface area contributed by atoms with Crippen LogP contribution in [0.3, 0.4) is 0 Å². The van der Waals surface area contributed by atoms with Crippen molar-refractivity contribution in [3.8, 4) is 0 Å². The van der Waals surface area contributed by atoms with Gasteiger partial charge in [0.2, 0.25) is 0 Å². The van der Waals surface area contributed by atoms with Crippen molar-refractivity contribution >= 4 is 17.3 Å². The van der Waals surface area contributed by atoms with Gasteiger partial charge in [-0.1, -0.05) is 19.3 Å². The van der Waals surface area contributed by atoms with Gasteiger partial charge < -0.3 is 15.2 Å². The highest BCUT2D eigenvalue weighted by Gasteiger charge is 2.14. The third-order valence-corrected chi connectivity index (χ3v) is 3.60. The van der Waals surface area contributed by atoms with Gasteiger partial charge in [0.1, 0.15) is 0 Å². The van der Waals surface area contributed by atoms with Crippen molar-refractivity contribution in [3.05, 3.63) is 18.7 Å². The molecule has 0 aliphatic heterocycles. The third-order valence-electron chi connectivity index (χ3n) is 3.36. The molecule has 100 valence electrons. The van der Waals surface area contributed by atoms with E-state index in [1.807, 2.05) is 12.5 Å². The number of imidazole rings is 1. The van der Waals surface area contributed by atoms with Crippen molar-refractivity contribution in [2.75, 3.05) is 0 Å². The van der Waals surface area contributed by atoms with Crippen LogP contribution >= 0.6 is 12.2 Å². The Morgan fingerprint density at radius 3 is 2.89 bits per heavy atom. The van der Waals surface area contributed by atoms with E-state index in [-0.39, 0.29) is 0 Å². The first kappa shape index (κ1) is 13.3. The minimum atomic E-state index is 0.308. The fourth-order valence-corrected chi connectivity index (χ4v) is 2.82. The van der Waals surface area contributed by atoms with Crippen LogP contribution in [0.5, 0.6) is 0 Å². The Kier molecular flexibility index (Phi) is 4.99. The summed E-state index contributed by atoms with van der Waals surface area (Å²) in [4.78, 5) is 4.03. The Bertz CT molecular complexity index is 357. The standard InChI is InChI=1S/C13H22N4S/c1-11(9-17-8-7-14-10-17)15-13(18)16-12-5-3-2-4-6-12/h7-8,10-12H,2-6,9H2,1H3,(H2,15,16,18). The molecule has 2 N–H and O–H groups in total. The van der Waals surface area contributed by atoms with Gasteiger partial charge >= 0.3 is 0 Å². The largest absolute Gasteiger partial charge is 0.360 e. The molecule has 0 spiro atoms. The molecule has 1 aliphatic carbocycles. The van der Waals surface area contributed by atoms with Gasteiger partial charge in [-0.3, -0.25) is 0 Å². The minimum absolute atomic E-state index is 0.308. The lowest BCUT2D eigenvalue weighted by atomic mass is 9.96. The summed E-state index contributed by atoms with van der Waals surface area (Å²) in [6.07, 6.45) is 12.1. The molecular formula is C13H22N4S. The van der Waals surface area contributed by atoms with E-state index in [2.05, 4.69) is 27.1 Å². The molecule has 0 radical (unpaired) electrons. The van der Waals surface area contributed by atoms with Gasteiger partial charge in [0.05, 0.1) is 6.33 Å². The second kappa shape index (κ2) is 6.73. The number of hydrogen-bond donors (Lipinski definition) is 2. The van der Waals surface area contributed by atoms with Gasteiger partial charge in [0.25, 0.3) is 0 Å². The molecule has 1 saturated carbocycles. The summed E-state index contributed by atoms with van der Waals surface area (Å²) in [6, 6.07) is 0.877. The van der Waals surface area contributed by atoms with E-state index in [9.17, 15) is 0 Å². The number of hydrogen-bond acceptors (Lipinski definition) is 2. The molecule has 1 heterocycles. The summed E-state index contributed by atoms with van der Waals surface area (Å²) in [5.41, 5.74) is 0. The van der Waals surface area contributed by atoms with E-state index >= 15 is 0 Å². The fraction of sp³-hybridized carbons (Fsp3) is 0.692. The summed E-state index contributed by atoms with van der Waals surface area (Å²) in [7, 11) is 0. The summed E-state index contributed by atoms with van der Waals surface area (Å²) in [5.74, 6) is 0. The van der Waals surface area contributed by atoms with Crippen LogP contribution < -0.4 is 10.6 Å². The third kappa shape index (κ3) is 4.29. The van der Waals surface area contributed by atoms with E-state index < -0.39 is 0 Å². The lowest BCUT2D eigenvalue weighted by Gasteiger charge is -2.26. The van der Waals surface area contributed by atoms with Crippen molar-refractivity contribution < 1.29 is 0 Å². The van der Waals surface area contributed by atoms with Crippen LogP contribution in [0.4, 0.5) is 0 Å². The van der Waals surface area contributed by atoms with E-state index in [0.29, 0.717) is 12.1 Å². The van der Waals surface area contributed by atoms with Crippen LogP contribution in [-0.2, 0) is 6.54 Å². The number of rotatable bonds is 4. The Hall–Kier alpha value is -1.10. The summed E-state index contributed by atoms with van der Waals surface area (Å²) in [6.45, 7) is 3.02. The quantitative estimate of drug-likeness (QED) is 0.819. The van der Waals surface area contributed by atoms with Crippen molar-refractivity contribution in [2.24, 2.45) is 0 Å². The van der Waals surface area contributed by atoms with Gasteiger partial charge in [0, 0.05) is 31.0 Å². The maximum Gasteiger partial charge on any atom is 0.166 e. The molecule has 0 amide bonds. The molecular weight excluding hydrogens is 244 g/mol. The second-order valence-electron chi connectivity index (χ2n) is 5.11. The molecule has 1 aromatic rings. The van der Waals surface area contributed by atoms with E-state index in [4.69, 9.17) is 12.2 Å². The maximum absolute atomic E-state index is 5.36. The molecule has 2 rings (SSSR count). The van der Waals surface area contributed by atoms with E-state index in [1.54, 1.807) is 6.20 Å². The Balaban J connectivity index is 1.69. The molecule has 0 aromatic carbocycles. The van der Waals surface area contributed by atoms with Crippen molar-refractivity contribution in [1.82, 2.24) is 20.2 Å². The van der Waals surface area contributed by atoms with Gasteiger partial charge in [-0.15, -0.1) is 0 Å². The SMILES string of the molecule is CC(Cn1ccnc1)NC(=S)NC1CCCCC1. The average molecular weight is 266 g/mol. The lowest BCUT2D eigenvalue weighted by molar-refractivity contribution is 0.409. The van der Waals surface area contributed by atoms with Crippen molar-refractivity contribution in [3.63, 3.8) is 0 Å². The normalized spacial score (nSPS) is 18.3. The lowest BCUT2D eigenvalue weighted by Crippen LogP contribution is -2.46. The van der Waals surface area contributed by atoms with Crippen LogP contribution in [0.1, 0.15) is 39.0 Å². The van der Waals surface area contributed by atoms with Crippen molar-refractivity contribution in [2.45, 2.75) is 57.7 Å². The van der Waals surface area contributed by atoms with Crippen LogP contribution in [0.2, 0.25) is 0 Å². The summed E-state index contributed by atoms with van der Waals surface area (Å²) in [5, 5.41) is 7.55. The van der Waals surface area contributed by atoms with Crippen LogP contribution in [0.15, 0.2) is 18.7 Å². The van der Waals surface area contributed by atoms with Gasteiger partial charge in [-0.25, -0.2) is 4.98 Å².